The summed E-state index contributed by atoms with van der Waals surface area (Å²) in [6.45, 7) is 4.69. The zero-order valence-electron chi connectivity index (χ0n) is 11.6. The largest absolute Gasteiger partial charge is 0.399 e. The number of benzene rings is 1. The molecule has 1 aliphatic heterocycles. The molecule has 1 atom stereocenters. The summed E-state index contributed by atoms with van der Waals surface area (Å²) in [5.41, 5.74) is 6.89. The summed E-state index contributed by atoms with van der Waals surface area (Å²) in [6, 6.07) is 7.55. The Hall–Kier alpha value is -1.16. The van der Waals surface area contributed by atoms with Crippen molar-refractivity contribution in [3.63, 3.8) is 0 Å². The summed E-state index contributed by atoms with van der Waals surface area (Å²) < 4.78 is 0. The lowest BCUT2D eigenvalue weighted by Gasteiger charge is -2.25. The molecule has 1 fully saturated rings. The van der Waals surface area contributed by atoms with E-state index in [1.807, 2.05) is 49.9 Å². The smallest absolute Gasteiger partial charge is 0.230 e. The average molecular weight is 278 g/mol. The Morgan fingerprint density at radius 2 is 2.11 bits per heavy atom. The number of hydrogen-bond acceptors (Lipinski definition) is 3. The van der Waals surface area contributed by atoms with Crippen molar-refractivity contribution < 1.29 is 4.79 Å². The molecule has 3 N–H and O–H groups in total. The maximum absolute atomic E-state index is 12.4. The number of nitrogens with one attached hydrogen (secondary N) is 1. The normalized spacial score (nSPS) is 19.4. The molecule has 0 aliphatic carbocycles. The number of anilines is 1. The van der Waals surface area contributed by atoms with Gasteiger partial charge in [0.15, 0.2) is 0 Å². The summed E-state index contributed by atoms with van der Waals surface area (Å²) in [4.78, 5) is 12.4. The van der Waals surface area contributed by atoms with Crippen molar-refractivity contribution in [3.05, 3.63) is 29.8 Å². The van der Waals surface area contributed by atoms with E-state index in [9.17, 15) is 4.79 Å². The van der Waals surface area contributed by atoms with Crippen LogP contribution in [0, 0.1) is 0 Å². The molecule has 1 heterocycles. The minimum Gasteiger partial charge on any atom is -0.399 e. The summed E-state index contributed by atoms with van der Waals surface area (Å²) in [7, 11) is 0. The highest BCUT2D eigenvalue weighted by Gasteiger charge is 2.30. The Labute approximate surface area is 119 Å². The first-order valence-electron chi connectivity index (χ1n) is 6.76. The van der Waals surface area contributed by atoms with Gasteiger partial charge in [0.2, 0.25) is 5.91 Å². The fourth-order valence-electron chi connectivity index (χ4n) is 2.26. The number of carbonyl (C=O) groups is 1. The second kappa shape index (κ2) is 5.87. The maximum atomic E-state index is 12.4. The molecule has 1 saturated heterocycles. The van der Waals surface area contributed by atoms with E-state index >= 15 is 0 Å². The number of thioether (sulfide) groups is 1. The number of rotatable bonds is 4. The number of carbonyl (C=O) groups excluding carboxylic acids is 1. The van der Waals surface area contributed by atoms with E-state index in [4.69, 9.17) is 5.73 Å². The van der Waals surface area contributed by atoms with Gasteiger partial charge in [0.05, 0.1) is 5.41 Å². The van der Waals surface area contributed by atoms with Gasteiger partial charge in [-0.05, 0) is 50.1 Å². The van der Waals surface area contributed by atoms with E-state index in [2.05, 4.69) is 5.32 Å². The number of amides is 1. The van der Waals surface area contributed by atoms with Crippen LogP contribution in [-0.2, 0) is 10.2 Å². The van der Waals surface area contributed by atoms with Crippen molar-refractivity contribution in [1.82, 2.24) is 5.32 Å². The van der Waals surface area contributed by atoms with Crippen LogP contribution in [0.1, 0.15) is 32.3 Å². The molecule has 3 nitrogen and oxygen atoms in total. The summed E-state index contributed by atoms with van der Waals surface area (Å²) in [5.74, 6) is 1.31. The van der Waals surface area contributed by atoms with Crippen LogP contribution in [0.2, 0.25) is 0 Å². The monoisotopic (exact) mass is 278 g/mol. The number of hydrogen-bond donors (Lipinski definition) is 2. The van der Waals surface area contributed by atoms with E-state index in [-0.39, 0.29) is 5.91 Å². The molecule has 1 aliphatic rings. The zero-order valence-corrected chi connectivity index (χ0v) is 12.4. The Morgan fingerprint density at radius 3 is 2.68 bits per heavy atom. The van der Waals surface area contributed by atoms with Gasteiger partial charge in [-0.2, -0.15) is 11.8 Å². The van der Waals surface area contributed by atoms with Crippen molar-refractivity contribution >= 4 is 23.4 Å². The molecular weight excluding hydrogens is 256 g/mol. The Bertz CT molecular complexity index is 436. The van der Waals surface area contributed by atoms with Crippen LogP contribution in [0.25, 0.3) is 0 Å². The Kier molecular flexibility index (Phi) is 4.40. The molecular formula is C15H22N2OS. The third-order valence-corrected chi connectivity index (χ3v) is 5.11. The highest BCUT2D eigenvalue weighted by molar-refractivity contribution is 8.00. The Balaban J connectivity index is 1.97. The third kappa shape index (κ3) is 3.44. The van der Waals surface area contributed by atoms with Gasteiger partial charge in [0.1, 0.15) is 0 Å². The average Bonchev–Trinajstić information content (AvgIpc) is 2.89. The van der Waals surface area contributed by atoms with Crippen LogP contribution >= 0.6 is 11.8 Å². The fraction of sp³-hybridized carbons (Fsp3) is 0.533. The van der Waals surface area contributed by atoms with Crippen molar-refractivity contribution in [2.24, 2.45) is 0 Å². The van der Waals surface area contributed by atoms with Gasteiger partial charge in [-0.15, -0.1) is 0 Å². The van der Waals surface area contributed by atoms with E-state index in [0.29, 0.717) is 5.25 Å². The topological polar surface area (TPSA) is 55.1 Å². The molecule has 0 saturated carbocycles. The second-order valence-electron chi connectivity index (χ2n) is 5.59. The van der Waals surface area contributed by atoms with E-state index in [1.165, 1.54) is 18.6 Å². The van der Waals surface area contributed by atoms with Crippen molar-refractivity contribution in [1.29, 1.82) is 0 Å². The molecule has 0 bridgehead atoms. The SMILES string of the molecule is CC(C)(C(=O)NCC1CCCS1)c1ccc(N)cc1. The van der Waals surface area contributed by atoms with E-state index in [0.717, 1.165) is 17.8 Å². The number of nitrogens with two attached hydrogens (primary N) is 1. The summed E-state index contributed by atoms with van der Waals surface area (Å²) in [6.07, 6.45) is 2.49. The lowest BCUT2D eigenvalue weighted by atomic mass is 9.83. The highest BCUT2D eigenvalue weighted by atomic mass is 32.2. The molecule has 104 valence electrons. The standard InChI is InChI=1S/C15H22N2OS/c1-15(2,11-5-7-12(16)8-6-11)14(18)17-10-13-4-3-9-19-13/h5-8,13H,3-4,9-10,16H2,1-2H3,(H,17,18). The molecule has 0 radical (unpaired) electrons. The lowest BCUT2D eigenvalue weighted by molar-refractivity contribution is -0.125. The van der Waals surface area contributed by atoms with Gasteiger partial charge in [0, 0.05) is 17.5 Å². The summed E-state index contributed by atoms with van der Waals surface area (Å²) in [5, 5.41) is 3.68. The molecule has 2 rings (SSSR count). The Morgan fingerprint density at radius 1 is 1.42 bits per heavy atom. The van der Waals surface area contributed by atoms with Crippen LogP contribution in [0.15, 0.2) is 24.3 Å². The molecule has 1 unspecified atom stereocenters. The molecule has 19 heavy (non-hydrogen) atoms. The van der Waals surface area contributed by atoms with Gasteiger partial charge in [-0.25, -0.2) is 0 Å². The van der Waals surface area contributed by atoms with E-state index < -0.39 is 5.41 Å². The van der Waals surface area contributed by atoms with Crippen molar-refractivity contribution in [2.45, 2.75) is 37.4 Å². The number of nitrogen functional groups attached to an aromatic ring is 1. The van der Waals surface area contributed by atoms with Crippen molar-refractivity contribution in [3.8, 4) is 0 Å². The molecule has 4 heteroatoms. The van der Waals surface area contributed by atoms with Gasteiger partial charge in [-0.3, -0.25) is 4.79 Å². The van der Waals surface area contributed by atoms with E-state index in [1.54, 1.807) is 0 Å². The fourth-order valence-corrected chi connectivity index (χ4v) is 3.46. The quantitative estimate of drug-likeness (QED) is 0.832. The third-order valence-electron chi connectivity index (χ3n) is 3.71. The van der Waals surface area contributed by atoms with Crippen LogP contribution < -0.4 is 11.1 Å². The van der Waals surface area contributed by atoms with Gasteiger partial charge >= 0.3 is 0 Å². The van der Waals surface area contributed by atoms with Crippen molar-refractivity contribution in [2.75, 3.05) is 18.0 Å². The zero-order chi connectivity index (χ0) is 13.9. The lowest BCUT2D eigenvalue weighted by Crippen LogP contribution is -2.42. The van der Waals surface area contributed by atoms with Crippen LogP contribution in [0.5, 0.6) is 0 Å². The highest BCUT2D eigenvalue weighted by Crippen LogP contribution is 2.27. The summed E-state index contributed by atoms with van der Waals surface area (Å²) >= 11 is 1.96. The molecule has 0 aromatic heterocycles. The predicted molar refractivity (Wildman–Crippen MR) is 82.4 cm³/mol. The minimum atomic E-state index is -0.517. The first-order chi connectivity index (χ1) is 9.00. The second-order valence-corrected chi connectivity index (χ2v) is 7.00. The van der Waals surface area contributed by atoms with Gasteiger partial charge < -0.3 is 11.1 Å². The van der Waals surface area contributed by atoms with Crippen LogP contribution in [0.4, 0.5) is 5.69 Å². The molecule has 1 aromatic rings. The van der Waals surface area contributed by atoms with Gasteiger partial charge in [-0.1, -0.05) is 12.1 Å². The van der Waals surface area contributed by atoms with Crippen LogP contribution in [-0.4, -0.2) is 23.5 Å². The molecule has 0 spiro atoms. The first kappa shape index (κ1) is 14.3. The molecule has 1 amide bonds. The first-order valence-corrected chi connectivity index (χ1v) is 7.81. The van der Waals surface area contributed by atoms with Crippen LogP contribution in [0.3, 0.4) is 0 Å². The maximum Gasteiger partial charge on any atom is 0.230 e. The molecule has 1 aromatic carbocycles. The predicted octanol–water partition coefficient (Wildman–Crippen LogP) is 2.56. The minimum absolute atomic E-state index is 0.0878. The van der Waals surface area contributed by atoms with Gasteiger partial charge in [0.25, 0.3) is 0 Å².